The summed E-state index contributed by atoms with van der Waals surface area (Å²) in [6.45, 7) is 4.34. The minimum atomic E-state index is 0. The highest BCUT2D eigenvalue weighted by atomic mass is 35.5. The molecule has 2 atom stereocenters. The Kier molecular flexibility index (Phi) is 5.65. The van der Waals surface area contributed by atoms with Crippen molar-refractivity contribution in [2.24, 2.45) is 11.8 Å². The minimum absolute atomic E-state index is 0. The largest absolute Gasteiger partial charge is 0.349 e. The fraction of sp³-hybridized carbons (Fsp3) is 0.588. The number of piperidine rings is 1. The lowest BCUT2D eigenvalue weighted by Crippen LogP contribution is -2.34. The third-order valence-electron chi connectivity index (χ3n) is 4.75. The number of hydrogen-bond acceptors (Lipinski definition) is 2. The van der Waals surface area contributed by atoms with Crippen LogP contribution in [0.3, 0.4) is 0 Å². The summed E-state index contributed by atoms with van der Waals surface area (Å²) in [4.78, 5) is 12.3. The van der Waals surface area contributed by atoms with E-state index in [0.717, 1.165) is 32.4 Å². The van der Waals surface area contributed by atoms with E-state index in [1.54, 1.807) is 0 Å². The van der Waals surface area contributed by atoms with Crippen LogP contribution in [0.4, 0.5) is 0 Å². The van der Waals surface area contributed by atoms with Gasteiger partial charge in [0.15, 0.2) is 0 Å². The van der Waals surface area contributed by atoms with Crippen LogP contribution in [0.25, 0.3) is 0 Å². The van der Waals surface area contributed by atoms with Gasteiger partial charge in [0.1, 0.15) is 0 Å². The quantitative estimate of drug-likeness (QED) is 0.901. The van der Waals surface area contributed by atoms with E-state index in [2.05, 4.69) is 41.8 Å². The molecule has 0 saturated carbocycles. The van der Waals surface area contributed by atoms with Crippen LogP contribution in [-0.4, -0.2) is 19.0 Å². The molecule has 1 aromatic carbocycles. The molecule has 0 spiro atoms. The van der Waals surface area contributed by atoms with Crippen molar-refractivity contribution in [1.29, 1.82) is 0 Å². The fourth-order valence-electron chi connectivity index (χ4n) is 3.60. The van der Waals surface area contributed by atoms with E-state index in [-0.39, 0.29) is 24.4 Å². The summed E-state index contributed by atoms with van der Waals surface area (Å²) in [7, 11) is 0. The van der Waals surface area contributed by atoms with Crippen LogP contribution in [0, 0.1) is 11.8 Å². The van der Waals surface area contributed by atoms with Crippen molar-refractivity contribution in [2.75, 3.05) is 13.1 Å². The summed E-state index contributed by atoms with van der Waals surface area (Å²) in [5, 5.41) is 6.62. The fourth-order valence-corrected chi connectivity index (χ4v) is 3.60. The topological polar surface area (TPSA) is 41.1 Å². The second-order valence-electron chi connectivity index (χ2n) is 6.32. The molecular formula is C17H25ClN2O. The number of carbonyl (C=O) groups excluding carboxylic acids is 1. The van der Waals surface area contributed by atoms with E-state index in [4.69, 9.17) is 0 Å². The third kappa shape index (κ3) is 3.78. The van der Waals surface area contributed by atoms with Crippen LogP contribution in [0.15, 0.2) is 24.3 Å². The Bertz CT molecular complexity index is 485. The van der Waals surface area contributed by atoms with E-state index < -0.39 is 0 Å². The van der Waals surface area contributed by atoms with Crippen molar-refractivity contribution in [3.05, 3.63) is 35.4 Å². The number of halogens is 1. The Labute approximate surface area is 133 Å². The number of carbonyl (C=O) groups is 1. The van der Waals surface area contributed by atoms with Crippen molar-refractivity contribution in [3.63, 3.8) is 0 Å². The molecule has 2 unspecified atom stereocenters. The lowest BCUT2D eigenvalue weighted by atomic mass is 9.93. The van der Waals surface area contributed by atoms with Gasteiger partial charge in [-0.2, -0.15) is 0 Å². The van der Waals surface area contributed by atoms with E-state index in [1.165, 1.54) is 11.1 Å². The minimum Gasteiger partial charge on any atom is -0.349 e. The van der Waals surface area contributed by atoms with Crippen molar-refractivity contribution >= 4 is 18.3 Å². The molecule has 1 heterocycles. The number of benzene rings is 1. The van der Waals surface area contributed by atoms with Gasteiger partial charge < -0.3 is 10.6 Å². The van der Waals surface area contributed by atoms with Crippen molar-refractivity contribution < 1.29 is 4.79 Å². The SMILES string of the molecule is CC1Cc2ccccc2C1NC(=O)CC1CCNCC1.Cl. The van der Waals surface area contributed by atoms with Gasteiger partial charge in [-0.1, -0.05) is 31.2 Å². The van der Waals surface area contributed by atoms with E-state index in [9.17, 15) is 4.79 Å². The molecule has 4 heteroatoms. The first-order valence-electron chi connectivity index (χ1n) is 7.82. The molecule has 0 radical (unpaired) electrons. The van der Waals surface area contributed by atoms with Crippen LogP contribution in [-0.2, 0) is 11.2 Å². The van der Waals surface area contributed by atoms with Crippen molar-refractivity contribution in [2.45, 2.75) is 38.6 Å². The van der Waals surface area contributed by atoms with Gasteiger partial charge >= 0.3 is 0 Å². The normalized spacial score (nSPS) is 25.0. The summed E-state index contributed by atoms with van der Waals surface area (Å²) in [5.41, 5.74) is 2.71. The first-order valence-corrected chi connectivity index (χ1v) is 7.82. The van der Waals surface area contributed by atoms with Gasteiger partial charge in [0.25, 0.3) is 0 Å². The molecule has 21 heavy (non-hydrogen) atoms. The molecule has 1 aromatic rings. The standard InChI is InChI=1S/C17H24N2O.ClH/c1-12-10-14-4-2-3-5-15(14)17(12)19-16(20)11-13-6-8-18-9-7-13;/h2-5,12-13,17-18H,6-11H2,1H3,(H,19,20);1H. The maximum absolute atomic E-state index is 12.3. The predicted octanol–water partition coefficient (Wildman–Crippen LogP) is 2.85. The number of amides is 1. The number of fused-ring (bicyclic) bond motifs is 1. The molecule has 116 valence electrons. The molecule has 3 rings (SSSR count). The first kappa shape index (κ1) is 16.3. The Balaban J connectivity index is 0.00000161. The Hall–Kier alpha value is -1.06. The molecule has 0 bridgehead atoms. The van der Waals surface area contributed by atoms with Gasteiger partial charge in [0.05, 0.1) is 6.04 Å². The van der Waals surface area contributed by atoms with Crippen molar-refractivity contribution in [3.8, 4) is 0 Å². The van der Waals surface area contributed by atoms with Crippen LogP contribution >= 0.6 is 12.4 Å². The maximum Gasteiger partial charge on any atom is 0.220 e. The summed E-state index contributed by atoms with van der Waals surface area (Å²) in [6.07, 6.45) is 4.02. The summed E-state index contributed by atoms with van der Waals surface area (Å²) in [6, 6.07) is 8.72. The first-order chi connectivity index (χ1) is 9.74. The second kappa shape index (κ2) is 7.28. The smallest absolute Gasteiger partial charge is 0.220 e. The van der Waals surface area contributed by atoms with Gasteiger partial charge in [-0.3, -0.25) is 4.79 Å². The highest BCUT2D eigenvalue weighted by Crippen LogP contribution is 2.35. The Morgan fingerprint density at radius 2 is 2.00 bits per heavy atom. The summed E-state index contributed by atoms with van der Waals surface area (Å²) < 4.78 is 0. The molecule has 3 nitrogen and oxygen atoms in total. The maximum atomic E-state index is 12.3. The van der Waals surface area contributed by atoms with E-state index >= 15 is 0 Å². The zero-order valence-corrected chi connectivity index (χ0v) is 13.4. The molecular weight excluding hydrogens is 284 g/mol. The average Bonchev–Trinajstić information content (AvgIpc) is 2.76. The van der Waals surface area contributed by atoms with Gasteiger partial charge in [0.2, 0.25) is 5.91 Å². The Morgan fingerprint density at radius 3 is 2.76 bits per heavy atom. The van der Waals surface area contributed by atoms with Gasteiger partial charge in [-0.25, -0.2) is 0 Å². The molecule has 2 N–H and O–H groups in total. The van der Waals surface area contributed by atoms with Crippen molar-refractivity contribution in [1.82, 2.24) is 10.6 Å². The molecule has 1 amide bonds. The molecule has 1 aliphatic carbocycles. The molecule has 1 aliphatic heterocycles. The third-order valence-corrected chi connectivity index (χ3v) is 4.75. The second-order valence-corrected chi connectivity index (χ2v) is 6.32. The highest BCUT2D eigenvalue weighted by molar-refractivity contribution is 5.85. The van der Waals surface area contributed by atoms with E-state index in [0.29, 0.717) is 18.3 Å². The van der Waals surface area contributed by atoms with Crippen LogP contribution in [0.2, 0.25) is 0 Å². The van der Waals surface area contributed by atoms with Crippen LogP contribution in [0.5, 0.6) is 0 Å². The Morgan fingerprint density at radius 1 is 1.29 bits per heavy atom. The lowest BCUT2D eigenvalue weighted by molar-refractivity contribution is -0.123. The zero-order chi connectivity index (χ0) is 13.9. The average molecular weight is 309 g/mol. The molecule has 1 saturated heterocycles. The van der Waals surface area contributed by atoms with Gasteiger partial charge in [0, 0.05) is 6.42 Å². The molecule has 0 aromatic heterocycles. The monoisotopic (exact) mass is 308 g/mol. The summed E-state index contributed by atoms with van der Waals surface area (Å²) >= 11 is 0. The number of rotatable bonds is 3. The molecule has 2 aliphatic rings. The van der Waals surface area contributed by atoms with Gasteiger partial charge in [-0.05, 0) is 55.3 Å². The van der Waals surface area contributed by atoms with Gasteiger partial charge in [-0.15, -0.1) is 12.4 Å². The van der Waals surface area contributed by atoms with Crippen LogP contribution < -0.4 is 10.6 Å². The predicted molar refractivity (Wildman–Crippen MR) is 87.7 cm³/mol. The zero-order valence-electron chi connectivity index (χ0n) is 12.6. The van der Waals surface area contributed by atoms with E-state index in [1.807, 2.05) is 0 Å². The number of nitrogens with one attached hydrogen (secondary N) is 2. The molecule has 1 fully saturated rings. The summed E-state index contributed by atoms with van der Waals surface area (Å²) in [5.74, 6) is 1.29. The van der Waals surface area contributed by atoms with Crippen LogP contribution in [0.1, 0.15) is 43.4 Å². The number of hydrogen-bond donors (Lipinski definition) is 2. The lowest BCUT2D eigenvalue weighted by Gasteiger charge is -2.24. The highest BCUT2D eigenvalue weighted by Gasteiger charge is 2.30.